The zero-order valence-corrected chi connectivity index (χ0v) is 4.08. The Morgan fingerprint density at radius 1 is 1.43 bits per heavy atom. The maximum absolute atomic E-state index is 9.32. The van der Waals surface area contributed by atoms with Crippen LogP contribution < -0.4 is 5.73 Å². The molecule has 1 amide bonds. The Morgan fingerprint density at radius 3 is 1.57 bits per heavy atom. The molecule has 0 unspecified atom stereocenters. The fraction of sp³-hybridized carbons (Fsp3) is 0. The minimum absolute atomic E-state index is 0. The summed E-state index contributed by atoms with van der Waals surface area (Å²) in [5, 5.41) is 7.52. The molecule has 3 N–H and O–H groups in total. The van der Waals surface area contributed by atoms with E-state index in [9.17, 15) is 9.59 Å². The zero-order valence-electron chi connectivity index (χ0n) is 3.14. The normalized spacial score (nSPS) is 6.29. The van der Waals surface area contributed by atoms with Crippen molar-refractivity contribution < 1.29 is 31.8 Å². The van der Waals surface area contributed by atoms with Crippen LogP contribution in [0.5, 0.6) is 0 Å². The topological polar surface area (TPSA) is 80.4 Å². The smallest absolute Gasteiger partial charge is 0.474 e. The first-order valence-corrected chi connectivity index (χ1v) is 1.17. The first kappa shape index (κ1) is 9.68. The Hall–Kier alpha value is -0.541. The molecule has 43 valence electrons. The summed E-state index contributed by atoms with van der Waals surface area (Å²) < 4.78 is 0. The standard InChI is InChI=1S/C2H3NO3.Cu/c3-1(4)2(5)6;/h(H2,3,4)(H,5,6);/q;+2. The number of carboxylic acid groups (broad SMARTS) is 1. The van der Waals surface area contributed by atoms with E-state index in [0.717, 1.165) is 0 Å². The Balaban J connectivity index is 0. The van der Waals surface area contributed by atoms with Gasteiger partial charge in [-0.05, 0) is 0 Å². The number of carboxylic acids is 1. The average molecular weight is 153 g/mol. The number of rotatable bonds is 0. The SMILES string of the molecule is NC(=O)C(=O)O.[Cu+2]. The molecule has 0 aliphatic carbocycles. The number of amides is 1. The molecule has 4 nitrogen and oxygen atoms in total. The molecule has 0 aromatic carbocycles. The van der Waals surface area contributed by atoms with Gasteiger partial charge in [-0.25, -0.2) is 4.79 Å². The van der Waals surface area contributed by atoms with Gasteiger partial charge in [0, 0.05) is 0 Å². The van der Waals surface area contributed by atoms with E-state index >= 15 is 0 Å². The van der Waals surface area contributed by atoms with Gasteiger partial charge in [0.25, 0.3) is 0 Å². The molecule has 0 aromatic heterocycles. The maximum atomic E-state index is 9.32. The summed E-state index contributed by atoms with van der Waals surface area (Å²) >= 11 is 0. The molecular weight excluding hydrogens is 150 g/mol. The van der Waals surface area contributed by atoms with Crippen molar-refractivity contribution in [2.45, 2.75) is 0 Å². The molecule has 0 spiro atoms. The van der Waals surface area contributed by atoms with Gasteiger partial charge in [0.05, 0.1) is 0 Å². The molecular formula is C2H3CuNO3+2. The van der Waals surface area contributed by atoms with E-state index in [1.807, 2.05) is 0 Å². The summed E-state index contributed by atoms with van der Waals surface area (Å²) in [6.07, 6.45) is 0. The van der Waals surface area contributed by atoms with Crippen LogP contribution in [0.4, 0.5) is 0 Å². The van der Waals surface area contributed by atoms with Gasteiger partial charge in [-0.1, -0.05) is 0 Å². The van der Waals surface area contributed by atoms with E-state index in [1.165, 1.54) is 0 Å². The van der Waals surface area contributed by atoms with Crippen molar-refractivity contribution in [2.24, 2.45) is 5.73 Å². The number of primary amides is 1. The van der Waals surface area contributed by atoms with Crippen molar-refractivity contribution in [3.8, 4) is 0 Å². The van der Waals surface area contributed by atoms with Gasteiger partial charge in [0.1, 0.15) is 0 Å². The van der Waals surface area contributed by atoms with Gasteiger partial charge in [0.15, 0.2) is 0 Å². The molecule has 0 saturated carbocycles. The summed E-state index contributed by atoms with van der Waals surface area (Å²) in [5.41, 5.74) is 4.20. The molecule has 1 radical (unpaired) electrons. The van der Waals surface area contributed by atoms with Crippen LogP contribution in [-0.2, 0) is 26.7 Å². The van der Waals surface area contributed by atoms with Crippen LogP contribution in [0.3, 0.4) is 0 Å². The minimum Gasteiger partial charge on any atom is -0.474 e. The summed E-state index contributed by atoms with van der Waals surface area (Å²) in [7, 11) is 0. The Kier molecular flexibility index (Phi) is 5.04. The summed E-state index contributed by atoms with van der Waals surface area (Å²) in [6.45, 7) is 0. The van der Waals surface area contributed by atoms with Gasteiger partial charge in [-0.3, -0.25) is 4.79 Å². The van der Waals surface area contributed by atoms with E-state index in [2.05, 4.69) is 5.73 Å². The molecule has 0 heterocycles. The van der Waals surface area contributed by atoms with E-state index in [0.29, 0.717) is 0 Å². The molecule has 0 aliphatic rings. The summed E-state index contributed by atoms with van der Waals surface area (Å²) in [6, 6.07) is 0. The molecule has 0 atom stereocenters. The summed E-state index contributed by atoms with van der Waals surface area (Å²) in [4.78, 5) is 18.5. The first-order chi connectivity index (χ1) is 2.64. The third kappa shape index (κ3) is 5.46. The molecule has 0 rings (SSSR count). The molecule has 0 fully saturated rings. The Bertz CT molecular complexity index is 78.9. The summed E-state index contributed by atoms with van der Waals surface area (Å²) in [5.74, 6) is -2.93. The van der Waals surface area contributed by atoms with Gasteiger partial charge in [-0.15, -0.1) is 0 Å². The molecule has 5 heteroatoms. The number of nitrogens with two attached hydrogens (primary N) is 1. The van der Waals surface area contributed by atoms with Crippen LogP contribution in [0.25, 0.3) is 0 Å². The Morgan fingerprint density at radius 2 is 1.57 bits per heavy atom. The first-order valence-electron chi connectivity index (χ1n) is 1.17. The third-order valence-electron chi connectivity index (χ3n) is 0.211. The fourth-order valence-corrected chi connectivity index (χ4v) is 0. The number of hydrogen-bond donors (Lipinski definition) is 2. The largest absolute Gasteiger partial charge is 2.00 e. The predicted molar refractivity (Wildman–Crippen MR) is 16.8 cm³/mol. The fourth-order valence-electron chi connectivity index (χ4n) is 0. The van der Waals surface area contributed by atoms with Gasteiger partial charge in [-0.2, -0.15) is 0 Å². The number of carbonyl (C=O) groups excluding carboxylic acids is 1. The van der Waals surface area contributed by atoms with Crippen LogP contribution in [0.2, 0.25) is 0 Å². The molecule has 0 aromatic rings. The van der Waals surface area contributed by atoms with Crippen LogP contribution >= 0.6 is 0 Å². The van der Waals surface area contributed by atoms with Crippen molar-refractivity contribution >= 4 is 11.9 Å². The van der Waals surface area contributed by atoms with Gasteiger partial charge in [0.2, 0.25) is 0 Å². The second-order valence-electron chi connectivity index (χ2n) is 0.669. The molecule has 0 bridgehead atoms. The second-order valence-corrected chi connectivity index (χ2v) is 0.669. The van der Waals surface area contributed by atoms with E-state index in [4.69, 9.17) is 5.11 Å². The third-order valence-corrected chi connectivity index (χ3v) is 0.211. The minimum atomic E-state index is -1.60. The van der Waals surface area contributed by atoms with Crippen molar-refractivity contribution in [1.29, 1.82) is 0 Å². The maximum Gasteiger partial charge on any atom is 2.00 e. The molecule has 7 heavy (non-hydrogen) atoms. The quantitative estimate of drug-likeness (QED) is 0.329. The van der Waals surface area contributed by atoms with Crippen LogP contribution in [0, 0.1) is 0 Å². The van der Waals surface area contributed by atoms with E-state index in [1.54, 1.807) is 0 Å². The zero-order chi connectivity index (χ0) is 5.15. The van der Waals surface area contributed by atoms with Crippen molar-refractivity contribution in [2.75, 3.05) is 0 Å². The van der Waals surface area contributed by atoms with Crippen LogP contribution in [0.1, 0.15) is 0 Å². The van der Waals surface area contributed by atoms with Crippen LogP contribution in [-0.4, -0.2) is 17.0 Å². The molecule has 0 aliphatic heterocycles. The van der Waals surface area contributed by atoms with E-state index < -0.39 is 11.9 Å². The van der Waals surface area contributed by atoms with E-state index in [-0.39, 0.29) is 17.1 Å². The monoisotopic (exact) mass is 152 g/mol. The number of carbonyl (C=O) groups is 2. The van der Waals surface area contributed by atoms with Gasteiger partial charge >= 0.3 is 28.9 Å². The van der Waals surface area contributed by atoms with Crippen molar-refractivity contribution in [3.63, 3.8) is 0 Å². The second kappa shape index (κ2) is 3.64. The predicted octanol–water partition coefficient (Wildman–Crippen LogP) is -1.45. The average Bonchev–Trinajstić information content (AvgIpc) is 1.36. The molecule has 0 saturated heterocycles. The Labute approximate surface area is 50.2 Å². The number of hydrogen-bond acceptors (Lipinski definition) is 2. The number of aliphatic carboxylic acids is 1. The van der Waals surface area contributed by atoms with Crippen molar-refractivity contribution in [1.82, 2.24) is 0 Å². The van der Waals surface area contributed by atoms with Crippen molar-refractivity contribution in [3.05, 3.63) is 0 Å². The van der Waals surface area contributed by atoms with Crippen LogP contribution in [0.15, 0.2) is 0 Å². The van der Waals surface area contributed by atoms with Gasteiger partial charge < -0.3 is 10.8 Å².